The Morgan fingerprint density at radius 3 is 2.75 bits per heavy atom. The van der Waals surface area contributed by atoms with Crippen molar-refractivity contribution in [1.82, 2.24) is 4.98 Å². The summed E-state index contributed by atoms with van der Waals surface area (Å²) < 4.78 is 5.87. The number of aryl methyl sites for hydroxylation is 1. The number of rotatable bonds is 5. The molecule has 0 spiro atoms. The van der Waals surface area contributed by atoms with Gasteiger partial charge in [-0.2, -0.15) is 0 Å². The van der Waals surface area contributed by atoms with E-state index in [4.69, 9.17) is 22.1 Å². The minimum absolute atomic E-state index is 0.369. The zero-order chi connectivity index (χ0) is 14.7. The molecule has 1 aromatic heterocycles. The average Bonchev–Trinajstić information content (AvgIpc) is 2.85. The lowest BCUT2D eigenvalue weighted by molar-refractivity contribution is 0.299. The summed E-state index contributed by atoms with van der Waals surface area (Å²) in [6.45, 7) is 7.17. The number of hydrogen-bond acceptors (Lipinski definition) is 4. The Morgan fingerprint density at radius 2 is 2.15 bits per heavy atom. The molecule has 2 aromatic rings. The van der Waals surface area contributed by atoms with E-state index in [0.717, 1.165) is 32.6 Å². The third kappa shape index (κ3) is 3.51. The van der Waals surface area contributed by atoms with Crippen LogP contribution in [-0.2, 0) is 13.2 Å². The molecule has 3 nitrogen and oxygen atoms in total. The van der Waals surface area contributed by atoms with Crippen LogP contribution in [0.5, 0.6) is 5.75 Å². The van der Waals surface area contributed by atoms with Crippen molar-refractivity contribution in [3.63, 3.8) is 0 Å². The van der Waals surface area contributed by atoms with Crippen LogP contribution in [-0.4, -0.2) is 4.98 Å². The number of thiazole rings is 1. The Balaban J connectivity index is 2.14. The van der Waals surface area contributed by atoms with Crippen LogP contribution in [0.25, 0.3) is 0 Å². The predicted octanol–water partition coefficient (Wildman–Crippen LogP) is 4.27. The van der Waals surface area contributed by atoms with Gasteiger partial charge in [0.2, 0.25) is 0 Å². The van der Waals surface area contributed by atoms with Crippen molar-refractivity contribution >= 4 is 22.9 Å². The number of nitrogens with two attached hydrogens (primary N) is 1. The van der Waals surface area contributed by atoms with Gasteiger partial charge in [0.25, 0.3) is 0 Å². The van der Waals surface area contributed by atoms with Crippen LogP contribution >= 0.6 is 22.9 Å². The molecule has 20 heavy (non-hydrogen) atoms. The number of nitrogens with zero attached hydrogens (tertiary/aromatic N) is 1. The maximum absolute atomic E-state index is 6.26. The van der Waals surface area contributed by atoms with Crippen molar-refractivity contribution in [3.05, 3.63) is 44.4 Å². The first-order valence-corrected chi connectivity index (χ1v) is 7.83. The molecule has 0 amide bonds. The number of aromatic nitrogens is 1. The van der Waals surface area contributed by atoms with E-state index in [-0.39, 0.29) is 0 Å². The van der Waals surface area contributed by atoms with Crippen LogP contribution in [0.3, 0.4) is 0 Å². The third-order valence-corrected chi connectivity index (χ3v) is 4.31. The lowest BCUT2D eigenvalue weighted by Gasteiger charge is -2.14. The fraction of sp³-hybridized carbons (Fsp3) is 0.400. The first-order chi connectivity index (χ1) is 9.51. The zero-order valence-corrected chi connectivity index (χ0v) is 13.5. The molecule has 1 aromatic carbocycles. The van der Waals surface area contributed by atoms with Gasteiger partial charge < -0.3 is 10.5 Å². The second-order valence-corrected chi connectivity index (χ2v) is 6.37. The van der Waals surface area contributed by atoms with Crippen LogP contribution < -0.4 is 10.5 Å². The van der Waals surface area contributed by atoms with Crippen LogP contribution in [0, 0.1) is 6.92 Å². The topological polar surface area (TPSA) is 48.1 Å². The average molecular weight is 311 g/mol. The molecule has 108 valence electrons. The van der Waals surface area contributed by atoms with E-state index < -0.39 is 0 Å². The SMILES string of the molecule is Cc1cc(Cl)c(C(C)C)cc1OCc1csc(CN)n1. The lowest BCUT2D eigenvalue weighted by Crippen LogP contribution is -2.01. The van der Waals surface area contributed by atoms with E-state index >= 15 is 0 Å². The van der Waals surface area contributed by atoms with Gasteiger partial charge in [0.1, 0.15) is 17.4 Å². The summed E-state index contributed by atoms with van der Waals surface area (Å²) in [5.41, 5.74) is 8.61. The van der Waals surface area contributed by atoms with Gasteiger partial charge >= 0.3 is 0 Å². The van der Waals surface area contributed by atoms with E-state index in [1.54, 1.807) is 11.3 Å². The normalized spacial score (nSPS) is 11.1. The molecular weight excluding hydrogens is 292 g/mol. The van der Waals surface area contributed by atoms with Crippen LogP contribution in [0.1, 0.15) is 41.6 Å². The fourth-order valence-electron chi connectivity index (χ4n) is 1.93. The van der Waals surface area contributed by atoms with Crippen molar-refractivity contribution in [2.24, 2.45) is 5.73 Å². The highest BCUT2D eigenvalue weighted by Gasteiger charge is 2.11. The highest BCUT2D eigenvalue weighted by atomic mass is 35.5. The summed E-state index contributed by atoms with van der Waals surface area (Å²) in [6.07, 6.45) is 0. The van der Waals surface area contributed by atoms with Gasteiger partial charge in [0, 0.05) is 16.9 Å². The molecule has 0 aliphatic heterocycles. The molecule has 0 saturated heterocycles. The molecule has 0 unspecified atom stereocenters. The summed E-state index contributed by atoms with van der Waals surface area (Å²) in [7, 11) is 0. The van der Waals surface area contributed by atoms with Gasteiger partial charge in [-0.25, -0.2) is 4.98 Å². The van der Waals surface area contributed by atoms with Gasteiger partial charge in [-0.15, -0.1) is 11.3 Å². The summed E-state index contributed by atoms with van der Waals surface area (Å²) >= 11 is 7.82. The molecular formula is C15H19ClN2OS. The van der Waals surface area contributed by atoms with Crippen molar-refractivity contribution in [1.29, 1.82) is 0 Å². The molecule has 0 aliphatic rings. The molecule has 1 heterocycles. The van der Waals surface area contributed by atoms with E-state index in [1.807, 2.05) is 24.4 Å². The van der Waals surface area contributed by atoms with E-state index in [9.17, 15) is 0 Å². The van der Waals surface area contributed by atoms with Crippen LogP contribution in [0.2, 0.25) is 5.02 Å². The quantitative estimate of drug-likeness (QED) is 0.897. The first kappa shape index (κ1) is 15.3. The van der Waals surface area contributed by atoms with Crippen LogP contribution in [0.15, 0.2) is 17.5 Å². The minimum Gasteiger partial charge on any atom is -0.487 e. The Kier molecular flexibility index (Phi) is 5.02. The maximum atomic E-state index is 6.26. The predicted molar refractivity (Wildman–Crippen MR) is 84.6 cm³/mol. The highest BCUT2D eigenvalue weighted by Crippen LogP contribution is 2.31. The largest absolute Gasteiger partial charge is 0.487 e. The summed E-state index contributed by atoms with van der Waals surface area (Å²) in [5.74, 6) is 1.23. The van der Waals surface area contributed by atoms with Gasteiger partial charge in [0.15, 0.2) is 0 Å². The Labute approximate surface area is 128 Å². The highest BCUT2D eigenvalue weighted by molar-refractivity contribution is 7.09. The smallest absolute Gasteiger partial charge is 0.131 e. The first-order valence-electron chi connectivity index (χ1n) is 6.57. The van der Waals surface area contributed by atoms with E-state index in [1.165, 1.54) is 0 Å². The number of halogens is 1. The molecule has 0 radical (unpaired) electrons. The Hall–Kier alpha value is -1.10. The summed E-state index contributed by atoms with van der Waals surface area (Å²) in [5, 5.41) is 3.71. The molecule has 0 atom stereocenters. The second kappa shape index (κ2) is 6.57. The Bertz CT molecular complexity index is 596. The number of benzene rings is 1. The molecule has 2 rings (SSSR count). The minimum atomic E-state index is 0.369. The fourth-order valence-corrected chi connectivity index (χ4v) is 3.02. The number of hydrogen-bond donors (Lipinski definition) is 1. The molecule has 0 fully saturated rings. The summed E-state index contributed by atoms with van der Waals surface area (Å²) in [6, 6.07) is 3.98. The molecule has 5 heteroatoms. The number of ether oxygens (including phenoxy) is 1. The van der Waals surface area contributed by atoms with Gasteiger partial charge in [-0.05, 0) is 36.1 Å². The lowest BCUT2D eigenvalue weighted by atomic mass is 10.0. The van der Waals surface area contributed by atoms with Gasteiger partial charge in [-0.1, -0.05) is 25.4 Å². The molecule has 0 bridgehead atoms. The van der Waals surface area contributed by atoms with E-state index in [0.29, 0.717) is 19.1 Å². The third-order valence-electron chi connectivity index (χ3n) is 3.07. The van der Waals surface area contributed by atoms with Crippen molar-refractivity contribution in [3.8, 4) is 5.75 Å². The summed E-state index contributed by atoms with van der Waals surface area (Å²) in [4.78, 5) is 4.39. The molecule has 0 saturated carbocycles. The van der Waals surface area contributed by atoms with Crippen molar-refractivity contribution < 1.29 is 4.74 Å². The van der Waals surface area contributed by atoms with Gasteiger partial charge in [-0.3, -0.25) is 0 Å². The zero-order valence-electron chi connectivity index (χ0n) is 11.9. The molecule has 0 aliphatic carbocycles. The van der Waals surface area contributed by atoms with Crippen molar-refractivity contribution in [2.75, 3.05) is 0 Å². The second-order valence-electron chi connectivity index (χ2n) is 5.02. The van der Waals surface area contributed by atoms with E-state index in [2.05, 4.69) is 18.8 Å². The van der Waals surface area contributed by atoms with Crippen LogP contribution in [0.4, 0.5) is 0 Å². The van der Waals surface area contributed by atoms with Crippen molar-refractivity contribution in [2.45, 2.75) is 39.8 Å². The monoisotopic (exact) mass is 310 g/mol. The van der Waals surface area contributed by atoms with Gasteiger partial charge in [0.05, 0.1) is 5.69 Å². The maximum Gasteiger partial charge on any atom is 0.131 e. The Morgan fingerprint density at radius 1 is 1.40 bits per heavy atom. The molecule has 2 N–H and O–H groups in total. The standard InChI is InChI=1S/C15H19ClN2OS/c1-9(2)12-5-14(10(3)4-13(12)16)19-7-11-8-20-15(6-17)18-11/h4-5,8-9H,6-7,17H2,1-3H3.